The minimum atomic E-state index is -1.10. The van der Waals surface area contributed by atoms with Crippen molar-refractivity contribution in [3.63, 3.8) is 0 Å². The summed E-state index contributed by atoms with van der Waals surface area (Å²) < 4.78 is 4.85. The highest BCUT2D eigenvalue weighted by atomic mass is 16.5. The number of carbonyl (C=O) groups is 1. The number of hydrogen-bond donors (Lipinski definition) is 2. The molecule has 0 saturated carbocycles. The van der Waals surface area contributed by atoms with Gasteiger partial charge >= 0.3 is 5.97 Å². The maximum absolute atomic E-state index is 10.5. The van der Waals surface area contributed by atoms with E-state index in [1.165, 1.54) is 6.07 Å². The molecule has 2 N–H and O–H groups in total. The van der Waals surface area contributed by atoms with Gasteiger partial charge in [-0.05, 0) is 6.92 Å². The maximum atomic E-state index is 10.5. The predicted molar refractivity (Wildman–Crippen MR) is 49.4 cm³/mol. The number of aromatic nitrogens is 1. The van der Waals surface area contributed by atoms with Crippen molar-refractivity contribution in [1.29, 1.82) is 0 Å². The summed E-state index contributed by atoms with van der Waals surface area (Å²) in [7, 11) is 0. The highest BCUT2D eigenvalue weighted by Crippen LogP contribution is 2.22. The normalized spacial score (nSPS) is 19.9. The molecule has 2 heterocycles. The molecule has 6 nitrogen and oxygen atoms in total. The van der Waals surface area contributed by atoms with Crippen molar-refractivity contribution in [3.05, 3.63) is 17.5 Å². The molecule has 0 aromatic carbocycles. The highest BCUT2D eigenvalue weighted by molar-refractivity contribution is 5.85. The largest absolute Gasteiger partial charge is 0.476 e. The van der Waals surface area contributed by atoms with Crippen LogP contribution in [0, 0.1) is 0 Å². The summed E-state index contributed by atoms with van der Waals surface area (Å²) in [5, 5.41) is 21.5. The zero-order valence-electron chi connectivity index (χ0n) is 8.30. The number of hydrogen-bond acceptors (Lipinski definition) is 5. The first kappa shape index (κ1) is 10.1. The second kappa shape index (κ2) is 3.32. The number of likely N-dealkylation sites (tertiary alicyclic amines) is 1. The minimum absolute atomic E-state index is 0.0858. The lowest BCUT2D eigenvalue weighted by Crippen LogP contribution is -2.59. The van der Waals surface area contributed by atoms with Crippen LogP contribution in [0.5, 0.6) is 0 Å². The van der Waals surface area contributed by atoms with Crippen LogP contribution in [0.4, 0.5) is 0 Å². The number of carboxylic acid groups (broad SMARTS) is 1. The third-order valence-corrected chi connectivity index (χ3v) is 2.29. The summed E-state index contributed by atoms with van der Waals surface area (Å²) >= 11 is 0. The predicted octanol–water partition coefficient (Wildman–Crippen LogP) is -0.0606. The number of carboxylic acids is 1. The Labute approximate surface area is 86.1 Å². The Morgan fingerprint density at radius 1 is 1.73 bits per heavy atom. The van der Waals surface area contributed by atoms with Gasteiger partial charge in [-0.1, -0.05) is 5.16 Å². The number of rotatable bonds is 3. The quantitative estimate of drug-likeness (QED) is 0.729. The van der Waals surface area contributed by atoms with Gasteiger partial charge in [-0.15, -0.1) is 0 Å². The zero-order valence-corrected chi connectivity index (χ0v) is 8.30. The van der Waals surface area contributed by atoms with Crippen molar-refractivity contribution in [3.8, 4) is 0 Å². The molecule has 1 aliphatic heterocycles. The van der Waals surface area contributed by atoms with E-state index >= 15 is 0 Å². The molecule has 0 aliphatic carbocycles. The molecule has 15 heavy (non-hydrogen) atoms. The van der Waals surface area contributed by atoms with Crippen LogP contribution in [0.15, 0.2) is 10.6 Å². The van der Waals surface area contributed by atoms with Gasteiger partial charge in [0, 0.05) is 19.2 Å². The summed E-state index contributed by atoms with van der Waals surface area (Å²) in [5.41, 5.74) is -0.715. The van der Waals surface area contributed by atoms with Crippen molar-refractivity contribution in [1.82, 2.24) is 10.1 Å². The average Bonchev–Trinajstić information content (AvgIpc) is 2.49. The van der Waals surface area contributed by atoms with Gasteiger partial charge in [-0.3, -0.25) is 4.90 Å². The lowest BCUT2D eigenvalue weighted by molar-refractivity contribution is -0.0895. The fraction of sp³-hybridized carbons (Fsp3) is 0.556. The summed E-state index contributed by atoms with van der Waals surface area (Å²) in [5.74, 6) is -0.594. The molecule has 0 amide bonds. The fourth-order valence-electron chi connectivity index (χ4n) is 1.74. The van der Waals surface area contributed by atoms with Gasteiger partial charge in [-0.2, -0.15) is 0 Å². The summed E-state index contributed by atoms with van der Waals surface area (Å²) in [4.78, 5) is 12.5. The van der Waals surface area contributed by atoms with E-state index < -0.39 is 11.6 Å². The minimum Gasteiger partial charge on any atom is -0.476 e. The van der Waals surface area contributed by atoms with E-state index in [0.29, 0.717) is 25.4 Å². The van der Waals surface area contributed by atoms with Gasteiger partial charge in [0.15, 0.2) is 11.5 Å². The van der Waals surface area contributed by atoms with Crippen molar-refractivity contribution >= 4 is 5.97 Å². The molecule has 82 valence electrons. The molecule has 6 heteroatoms. The number of β-amino-alcohol motifs (C(OH)–C–C–N with tert-alkyl or cyclic N) is 1. The van der Waals surface area contributed by atoms with Crippen LogP contribution >= 0.6 is 0 Å². The number of nitrogens with zero attached hydrogens (tertiary/aromatic N) is 2. The molecule has 1 fully saturated rings. The Hall–Kier alpha value is -1.40. The van der Waals surface area contributed by atoms with Crippen molar-refractivity contribution in [2.24, 2.45) is 0 Å². The van der Waals surface area contributed by atoms with Crippen LogP contribution in [0.25, 0.3) is 0 Å². The Bertz CT molecular complexity index is 377. The SMILES string of the molecule is CC1(O)CN(Cc2cc(C(=O)O)no2)C1. The van der Waals surface area contributed by atoms with E-state index in [4.69, 9.17) is 9.63 Å². The smallest absolute Gasteiger partial charge is 0.358 e. The molecular formula is C9H12N2O4. The first-order valence-corrected chi connectivity index (χ1v) is 4.60. The molecule has 0 radical (unpaired) electrons. The monoisotopic (exact) mass is 212 g/mol. The molecule has 0 bridgehead atoms. The van der Waals surface area contributed by atoms with Gasteiger partial charge in [0.2, 0.25) is 0 Å². The van der Waals surface area contributed by atoms with Gasteiger partial charge in [-0.25, -0.2) is 4.79 Å². The third kappa shape index (κ3) is 2.16. The lowest BCUT2D eigenvalue weighted by atomic mass is 9.97. The molecule has 1 saturated heterocycles. The second-order valence-electron chi connectivity index (χ2n) is 4.13. The number of aliphatic hydroxyl groups is 1. The van der Waals surface area contributed by atoms with Gasteiger partial charge in [0.1, 0.15) is 0 Å². The Kier molecular flexibility index (Phi) is 2.24. The van der Waals surface area contributed by atoms with E-state index in [1.807, 2.05) is 4.90 Å². The summed E-state index contributed by atoms with van der Waals surface area (Å²) in [6.07, 6.45) is 0. The van der Waals surface area contributed by atoms with Crippen LogP contribution in [-0.2, 0) is 6.54 Å². The van der Waals surface area contributed by atoms with Crippen molar-refractivity contribution in [2.45, 2.75) is 19.1 Å². The molecule has 0 spiro atoms. The van der Waals surface area contributed by atoms with Crippen LogP contribution in [0.1, 0.15) is 23.2 Å². The molecular weight excluding hydrogens is 200 g/mol. The molecule has 0 atom stereocenters. The highest BCUT2D eigenvalue weighted by Gasteiger charge is 2.36. The maximum Gasteiger partial charge on any atom is 0.358 e. The molecule has 0 unspecified atom stereocenters. The first-order chi connectivity index (χ1) is 6.96. The number of aromatic carboxylic acids is 1. The van der Waals surface area contributed by atoms with E-state index in [9.17, 15) is 9.90 Å². The standard InChI is InChI=1S/C9H12N2O4/c1-9(14)4-11(5-9)3-6-2-7(8(12)13)10-15-6/h2,14H,3-5H2,1H3,(H,12,13). The van der Waals surface area contributed by atoms with Gasteiger partial charge in [0.05, 0.1) is 12.1 Å². The Morgan fingerprint density at radius 3 is 2.87 bits per heavy atom. The topological polar surface area (TPSA) is 86.8 Å². The van der Waals surface area contributed by atoms with Crippen LogP contribution < -0.4 is 0 Å². The lowest BCUT2D eigenvalue weighted by Gasteiger charge is -2.43. The Morgan fingerprint density at radius 2 is 2.40 bits per heavy atom. The summed E-state index contributed by atoms with van der Waals surface area (Å²) in [6.45, 7) is 3.37. The van der Waals surface area contributed by atoms with E-state index in [1.54, 1.807) is 6.92 Å². The van der Waals surface area contributed by atoms with E-state index in [2.05, 4.69) is 5.16 Å². The molecule has 1 aromatic heterocycles. The van der Waals surface area contributed by atoms with Gasteiger partial charge in [0.25, 0.3) is 0 Å². The zero-order chi connectivity index (χ0) is 11.1. The van der Waals surface area contributed by atoms with E-state index in [-0.39, 0.29) is 5.69 Å². The molecule has 1 aromatic rings. The van der Waals surface area contributed by atoms with Crippen molar-refractivity contribution in [2.75, 3.05) is 13.1 Å². The summed E-state index contributed by atoms with van der Waals surface area (Å²) in [6, 6.07) is 1.40. The third-order valence-electron chi connectivity index (χ3n) is 2.29. The second-order valence-corrected chi connectivity index (χ2v) is 4.13. The van der Waals surface area contributed by atoms with Crippen molar-refractivity contribution < 1.29 is 19.5 Å². The average molecular weight is 212 g/mol. The first-order valence-electron chi connectivity index (χ1n) is 4.60. The fourth-order valence-corrected chi connectivity index (χ4v) is 1.74. The van der Waals surface area contributed by atoms with Crippen LogP contribution in [0.3, 0.4) is 0 Å². The van der Waals surface area contributed by atoms with Crippen LogP contribution in [0.2, 0.25) is 0 Å². The molecule has 2 rings (SSSR count). The molecule has 1 aliphatic rings. The Balaban J connectivity index is 1.92. The van der Waals surface area contributed by atoms with Crippen LogP contribution in [-0.4, -0.2) is 44.9 Å². The van der Waals surface area contributed by atoms with Gasteiger partial charge < -0.3 is 14.7 Å². The van der Waals surface area contributed by atoms with E-state index in [0.717, 1.165) is 0 Å².